The van der Waals surface area contributed by atoms with E-state index in [4.69, 9.17) is 4.99 Å². The Labute approximate surface area is 211 Å². The summed E-state index contributed by atoms with van der Waals surface area (Å²) in [5.74, 6) is 1.91. The maximum atomic E-state index is 14.1. The molecule has 4 rings (SSSR count). The molecule has 1 aromatic heterocycles. The van der Waals surface area contributed by atoms with Gasteiger partial charge in [0.15, 0.2) is 5.96 Å². The third-order valence-electron chi connectivity index (χ3n) is 6.14. The second-order valence-electron chi connectivity index (χ2n) is 8.53. The average molecular weight is 573 g/mol. The number of aromatic nitrogens is 3. The molecule has 2 N–H and O–H groups in total. The van der Waals surface area contributed by atoms with Crippen LogP contribution in [-0.4, -0.2) is 52.9 Å². The lowest BCUT2D eigenvalue weighted by Gasteiger charge is -2.21. The van der Waals surface area contributed by atoms with Crippen molar-refractivity contribution < 1.29 is 8.78 Å². The van der Waals surface area contributed by atoms with Crippen molar-refractivity contribution in [3.8, 4) is 0 Å². The van der Waals surface area contributed by atoms with E-state index in [1.165, 1.54) is 31.4 Å². The lowest BCUT2D eigenvalue weighted by Crippen LogP contribution is -2.44. The van der Waals surface area contributed by atoms with E-state index in [1.807, 2.05) is 11.8 Å². The van der Waals surface area contributed by atoms with Crippen LogP contribution < -0.4 is 15.5 Å². The number of halogens is 3. The topological polar surface area (TPSA) is 70.4 Å². The van der Waals surface area contributed by atoms with Gasteiger partial charge in [0.05, 0.1) is 5.69 Å². The van der Waals surface area contributed by atoms with Crippen LogP contribution in [-0.2, 0) is 19.4 Å². The van der Waals surface area contributed by atoms with E-state index < -0.39 is 11.6 Å². The summed E-state index contributed by atoms with van der Waals surface area (Å²) < 4.78 is 29.6. The van der Waals surface area contributed by atoms with Crippen molar-refractivity contribution in [1.82, 2.24) is 25.4 Å². The lowest BCUT2D eigenvalue weighted by molar-refractivity contribution is 0.580. The Kier molecular flexibility index (Phi) is 9.69. The van der Waals surface area contributed by atoms with E-state index >= 15 is 0 Å². The molecule has 182 valence electrons. The summed E-state index contributed by atoms with van der Waals surface area (Å²) in [7, 11) is 0. The Bertz CT molecular complexity index is 934. The Hall–Kier alpha value is -1.98. The van der Waals surface area contributed by atoms with Crippen LogP contribution in [0.2, 0.25) is 0 Å². The molecular weight excluding hydrogens is 539 g/mol. The highest BCUT2D eigenvalue weighted by Gasteiger charge is 2.25. The Morgan fingerprint density at radius 3 is 2.88 bits per heavy atom. The van der Waals surface area contributed by atoms with Crippen LogP contribution in [0.15, 0.2) is 23.2 Å². The van der Waals surface area contributed by atoms with E-state index in [0.29, 0.717) is 18.8 Å². The summed E-state index contributed by atoms with van der Waals surface area (Å²) in [5.41, 5.74) is 0.449. The molecule has 1 saturated heterocycles. The maximum Gasteiger partial charge on any atom is 0.191 e. The minimum absolute atomic E-state index is 0. The predicted molar refractivity (Wildman–Crippen MR) is 137 cm³/mol. The molecule has 10 heteroatoms. The molecule has 2 aliphatic rings. The van der Waals surface area contributed by atoms with Crippen molar-refractivity contribution in [2.45, 2.75) is 64.5 Å². The fourth-order valence-electron chi connectivity index (χ4n) is 4.51. The highest BCUT2D eigenvalue weighted by Crippen LogP contribution is 2.24. The first kappa shape index (κ1) is 25.6. The number of guanidine groups is 1. The van der Waals surface area contributed by atoms with E-state index in [1.54, 1.807) is 0 Å². The fraction of sp³-hybridized carbons (Fsp3) is 0.609. The van der Waals surface area contributed by atoms with Crippen LogP contribution in [0.3, 0.4) is 0 Å². The third-order valence-corrected chi connectivity index (χ3v) is 6.14. The number of nitrogens with one attached hydrogen (secondary N) is 2. The number of fused-ring (bicyclic) bond motifs is 1. The third kappa shape index (κ3) is 6.77. The number of anilines is 1. The molecule has 2 aromatic rings. The van der Waals surface area contributed by atoms with Crippen LogP contribution in [0.25, 0.3) is 0 Å². The van der Waals surface area contributed by atoms with Gasteiger partial charge in [-0.2, -0.15) is 0 Å². The van der Waals surface area contributed by atoms with Crippen LogP contribution in [0.5, 0.6) is 0 Å². The smallest absolute Gasteiger partial charge is 0.191 e. The van der Waals surface area contributed by atoms with Gasteiger partial charge in [-0.1, -0.05) is 6.42 Å². The Morgan fingerprint density at radius 2 is 2.06 bits per heavy atom. The SMILES string of the molecule is CCNC(=NCCCc1nnc2n1CCCCC2)NC1CCN(c2ccc(F)cc2F)C1.I. The zero-order valence-corrected chi connectivity index (χ0v) is 21.5. The van der Waals surface area contributed by atoms with Gasteiger partial charge in [-0.05, 0) is 44.7 Å². The molecule has 1 unspecified atom stereocenters. The van der Waals surface area contributed by atoms with Crippen molar-refractivity contribution in [3.63, 3.8) is 0 Å². The number of rotatable bonds is 7. The van der Waals surface area contributed by atoms with Gasteiger partial charge in [-0.3, -0.25) is 4.99 Å². The average Bonchev–Trinajstić information content (AvgIpc) is 3.31. The molecule has 33 heavy (non-hydrogen) atoms. The number of benzene rings is 1. The van der Waals surface area contributed by atoms with Gasteiger partial charge in [0, 0.05) is 57.7 Å². The number of aliphatic imine (C=N–C) groups is 1. The normalized spacial score (nSPS) is 18.5. The minimum atomic E-state index is -0.552. The van der Waals surface area contributed by atoms with Gasteiger partial charge >= 0.3 is 0 Å². The number of aryl methyl sites for hydroxylation is 2. The molecule has 1 atom stereocenters. The molecule has 7 nitrogen and oxygen atoms in total. The first-order valence-electron chi connectivity index (χ1n) is 11.8. The lowest BCUT2D eigenvalue weighted by atomic mass is 10.2. The molecule has 1 aromatic carbocycles. The van der Waals surface area contributed by atoms with Gasteiger partial charge in [0.2, 0.25) is 0 Å². The predicted octanol–water partition coefficient (Wildman–Crippen LogP) is 3.67. The molecule has 0 spiro atoms. The molecule has 2 aliphatic heterocycles. The summed E-state index contributed by atoms with van der Waals surface area (Å²) in [6.45, 7) is 5.90. The van der Waals surface area contributed by atoms with Crippen molar-refractivity contribution in [2.75, 3.05) is 31.1 Å². The summed E-state index contributed by atoms with van der Waals surface area (Å²) in [5, 5.41) is 15.5. The number of hydrogen-bond acceptors (Lipinski definition) is 4. The fourth-order valence-corrected chi connectivity index (χ4v) is 4.51. The van der Waals surface area contributed by atoms with Gasteiger partial charge in [0.25, 0.3) is 0 Å². The first-order valence-corrected chi connectivity index (χ1v) is 11.8. The van der Waals surface area contributed by atoms with Gasteiger partial charge in [-0.15, -0.1) is 34.2 Å². The molecule has 3 heterocycles. The quantitative estimate of drug-likeness (QED) is 0.229. The Balaban J connectivity index is 0.00000306. The zero-order chi connectivity index (χ0) is 22.3. The molecule has 0 aliphatic carbocycles. The standard InChI is InChI=1S/C23H33F2N7.HI/c1-2-26-23(27-12-6-8-22-30-29-21-7-4-3-5-13-32(21)22)28-18-11-14-31(16-18)20-10-9-17(24)15-19(20)25;/h9-10,15,18H,2-8,11-14,16H2,1H3,(H2,26,27,28);1H. The van der Waals surface area contributed by atoms with Crippen molar-refractivity contribution in [1.29, 1.82) is 0 Å². The summed E-state index contributed by atoms with van der Waals surface area (Å²) in [6, 6.07) is 3.91. The van der Waals surface area contributed by atoms with Gasteiger partial charge in [-0.25, -0.2) is 8.78 Å². The summed E-state index contributed by atoms with van der Waals surface area (Å²) in [4.78, 5) is 6.68. The van der Waals surface area contributed by atoms with Crippen molar-refractivity contribution >= 4 is 35.6 Å². The highest BCUT2D eigenvalue weighted by atomic mass is 127. The molecule has 1 fully saturated rings. The second-order valence-corrected chi connectivity index (χ2v) is 8.53. The van der Waals surface area contributed by atoms with Crippen molar-refractivity contribution in [2.24, 2.45) is 4.99 Å². The Morgan fingerprint density at radius 1 is 1.18 bits per heavy atom. The molecule has 0 amide bonds. The molecule has 0 saturated carbocycles. The maximum absolute atomic E-state index is 14.1. The second kappa shape index (κ2) is 12.5. The van der Waals surface area contributed by atoms with E-state index in [2.05, 4.69) is 25.4 Å². The first-order chi connectivity index (χ1) is 15.6. The number of hydrogen-bond donors (Lipinski definition) is 2. The largest absolute Gasteiger partial charge is 0.367 e. The summed E-state index contributed by atoms with van der Waals surface area (Å²) in [6.07, 6.45) is 7.34. The van der Waals surface area contributed by atoms with Crippen LogP contribution in [0, 0.1) is 11.6 Å². The minimum Gasteiger partial charge on any atom is -0.367 e. The van der Waals surface area contributed by atoms with Gasteiger partial charge < -0.3 is 20.1 Å². The van der Waals surface area contributed by atoms with E-state index in [0.717, 1.165) is 69.0 Å². The van der Waals surface area contributed by atoms with E-state index in [-0.39, 0.29) is 30.0 Å². The van der Waals surface area contributed by atoms with Crippen LogP contribution in [0.4, 0.5) is 14.5 Å². The van der Waals surface area contributed by atoms with Crippen LogP contribution >= 0.6 is 24.0 Å². The molecule has 0 bridgehead atoms. The number of nitrogens with zero attached hydrogens (tertiary/aromatic N) is 5. The van der Waals surface area contributed by atoms with E-state index in [9.17, 15) is 8.78 Å². The monoisotopic (exact) mass is 573 g/mol. The molecular formula is C23H34F2IN7. The van der Waals surface area contributed by atoms with Crippen molar-refractivity contribution in [3.05, 3.63) is 41.5 Å². The molecule has 0 radical (unpaired) electrons. The summed E-state index contributed by atoms with van der Waals surface area (Å²) >= 11 is 0. The zero-order valence-electron chi connectivity index (χ0n) is 19.2. The van der Waals surface area contributed by atoms with Gasteiger partial charge in [0.1, 0.15) is 23.3 Å². The van der Waals surface area contributed by atoms with Crippen LogP contribution in [0.1, 0.15) is 50.7 Å². The highest BCUT2D eigenvalue weighted by molar-refractivity contribution is 14.0.